The zero-order valence-corrected chi connectivity index (χ0v) is 16.2. The van der Waals surface area contributed by atoms with Gasteiger partial charge in [-0.25, -0.2) is 19.9 Å². The normalized spacial score (nSPS) is 13.2. The standard InChI is InChI=1S/C20H16ClN9/c1-29-25-11-16(28-29)14-6-7-15-19(26-14)30(13-4-2-12(10-21)3-5-13)20(27-15)17-18(22)24-9-8-23-17/h2-9,11H,10H2,1H3,(H2,22,24)/i1D3. The van der Waals surface area contributed by atoms with E-state index in [9.17, 15) is 0 Å². The Hall–Kier alpha value is -3.85. The number of halogens is 1. The first-order chi connectivity index (χ1) is 15.8. The summed E-state index contributed by atoms with van der Waals surface area (Å²) < 4.78 is 24.3. The lowest BCUT2D eigenvalue weighted by Gasteiger charge is -2.10. The first kappa shape index (κ1) is 15.1. The molecule has 0 spiro atoms. The van der Waals surface area contributed by atoms with Crippen molar-refractivity contribution in [3.63, 3.8) is 0 Å². The second-order valence-electron chi connectivity index (χ2n) is 6.42. The SMILES string of the molecule is [2H]C([2H])([2H])n1ncc(-c2ccc3nc(-c4nccnc4N)n(-c4ccc(CCl)cc4)c3n2)n1. The van der Waals surface area contributed by atoms with E-state index >= 15 is 0 Å². The number of alkyl halides is 1. The van der Waals surface area contributed by atoms with Gasteiger partial charge in [0.1, 0.15) is 16.9 Å². The summed E-state index contributed by atoms with van der Waals surface area (Å²) in [5.74, 6) is 1.08. The summed E-state index contributed by atoms with van der Waals surface area (Å²) in [5.41, 5.74) is 10.1. The molecule has 0 aliphatic heterocycles. The lowest BCUT2D eigenvalue weighted by Crippen LogP contribution is -2.04. The topological polar surface area (TPSA) is 113 Å². The fourth-order valence-corrected chi connectivity index (χ4v) is 3.32. The molecule has 0 amide bonds. The fraction of sp³-hybridized carbons (Fsp3) is 0.100. The largest absolute Gasteiger partial charge is 0.382 e. The molecule has 0 aliphatic rings. The summed E-state index contributed by atoms with van der Waals surface area (Å²) in [4.78, 5) is 18.6. The Morgan fingerprint density at radius 2 is 1.87 bits per heavy atom. The lowest BCUT2D eigenvalue weighted by atomic mass is 10.2. The third-order valence-corrected chi connectivity index (χ3v) is 4.85. The van der Waals surface area contributed by atoms with E-state index in [1.54, 1.807) is 12.1 Å². The molecule has 2 N–H and O–H groups in total. The van der Waals surface area contributed by atoms with E-state index in [-0.39, 0.29) is 5.82 Å². The minimum atomic E-state index is -2.48. The van der Waals surface area contributed by atoms with E-state index in [0.717, 1.165) is 11.3 Å². The van der Waals surface area contributed by atoms with E-state index in [2.05, 4.69) is 20.2 Å². The Bertz CT molecular complexity index is 1460. The van der Waals surface area contributed by atoms with Gasteiger partial charge < -0.3 is 5.73 Å². The number of hydrogen-bond donors (Lipinski definition) is 1. The summed E-state index contributed by atoms with van der Waals surface area (Å²) in [6.45, 7) is -2.48. The summed E-state index contributed by atoms with van der Waals surface area (Å²) in [6.07, 6.45) is 4.40. The van der Waals surface area contributed by atoms with Gasteiger partial charge in [-0.2, -0.15) is 15.0 Å². The zero-order valence-electron chi connectivity index (χ0n) is 18.4. The van der Waals surface area contributed by atoms with Crippen LogP contribution in [0.25, 0.3) is 39.8 Å². The molecule has 0 saturated heterocycles. The number of benzene rings is 1. The van der Waals surface area contributed by atoms with Crippen LogP contribution in [0.3, 0.4) is 0 Å². The van der Waals surface area contributed by atoms with Crippen LogP contribution < -0.4 is 5.73 Å². The number of aryl methyl sites for hydroxylation is 1. The predicted molar refractivity (Wildman–Crippen MR) is 114 cm³/mol. The van der Waals surface area contributed by atoms with Crippen LogP contribution in [0.1, 0.15) is 9.68 Å². The van der Waals surface area contributed by atoms with E-state index in [1.807, 2.05) is 28.8 Å². The predicted octanol–water partition coefficient (Wildman–Crippen LogP) is 2.99. The Morgan fingerprint density at radius 1 is 1.03 bits per heavy atom. The lowest BCUT2D eigenvalue weighted by molar-refractivity contribution is 0.655. The molecule has 0 bridgehead atoms. The van der Waals surface area contributed by atoms with Crippen LogP contribution >= 0.6 is 11.6 Å². The molecule has 5 rings (SSSR count). The molecule has 0 atom stereocenters. The third-order valence-electron chi connectivity index (χ3n) is 4.55. The average Bonchev–Trinajstić information content (AvgIpc) is 3.44. The second kappa shape index (κ2) is 7.20. The number of imidazole rings is 1. The van der Waals surface area contributed by atoms with E-state index in [1.165, 1.54) is 18.6 Å². The van der Waals surface area contributed by atoms with Crippen LogP contribution in [0.15, 0.2) is 55.0 Å². The van der Waals surface area contributed by atoms with Crippen molar-refractivity contribution in [2.75, 3.05) is 5.73 Å². The zero-order chi connectivity index (χ0) is 23.2. The van der Waals surface area contributed by atoms with Gasteiger partial charge in [0.2, 0.25) is 0 Å². The van der Waals surface area contributed by atoms with Crippen LogP contribution in [-0.4, -0.2) is 39.5 Å². The minimum Gasteiger partial charge on any atom is -0.382 e. The molecular weight excluding hydrogens is 402 g/mol. The van der Waals surface area contributed by atoms with Crippen LogP contribution in [0.4, 0.5) is 5.82 Å². The maximum Gasteiger partial charge on any atom is 0.169 e. The Balaban J connectivity index is 1.74. The maximum atomic E-state index is 7.48. The highest BCUT2D eigenvalue weighted by atomic mass is 35.5. The number of nitrogens with zero attached hydrogens (tertiary/aromatic N) is 8. The molecule has 0 aliphatic carbocycles. The molecule has 0 saturated carbocycles. The van der Waals surface area contributed by atoms with Crippen molar-refractivity contribution < 1.29 is 4.11 Å². The molecule has 30 heavy (non-hydrogen) atoms. The molecule has 5 aromatic rings. The summed E-state index contributed by atoms with van der Waals surface area (Å²) in [7, 11) is 0. The quantitative estimate of drug-likeness (QED) is 0.444. The highest BCUT2D eigenvalue weighted by Crippen LogP contribution is 2.30. The number of aromatic nitrogens is 8. The summed E-state index contributed by atoms with van der Waals surface area (Å²) in [5, 5.41) is 7.90. The molecular formula is C20H16ClN9. The molecule has 9 nitrogen and oxygen atoms in total. The number of hydrogen-bond acceptors (Lipinski definition) is 7. The Morgan fingerprint density at radius 3 is 2.60 bits per heavy atom. The van der Waals surface area contributed by atoms with Gasteiger partial charge >= 0.3 is 0 Å². The van der Waals surface area contributed by atoms with Crippen LogP contribution in [-0.2, 0) is 12.9 Å². The van der Waals surface area contributed by atoms with Gasteiger partial charge in [0, 0.05) is 35.0 Å². The summed E-state index contributed by atoms with van der Waals surface area (Å²) in [6, 6.07) is 11.1. The van der Waals surface area contributed by atoms with Crippen molar-refractivity contribution in [1.82, 2.24) is 39.5 Å². The Kier molecular flexibility index (Phi) is 3.61. The molecule has 4 heterocycles. The smallest absolute Gasteiger partial charge is 0.169 e. The van der Waals surface area contributed by atoms with Gasteiger partial charge in [-0.1, -0.05) is 12.1 Å². The molecule has 0 radical (unpaired) electrons. The van der Waals surface area contributed by atoms with Crippen molar-refractivity contribution in [1.29, 1.82) is 0 Å². The number of fused-ring (bicyclic) bond motifs is 1. The van der Waals surface area contributed by atoms with Crippen molar-refractivity contribution >= 4 is 28.6 Å². The highest BCUT2D eigenvalue weighted by Gasteiger charge is 2.20. The average molecular weight is 421 g/mol. The number of rotatable bonds is 4. The van der Waals surface area contributed by atoms with Crippen LogP contribution in [0, 0.1) is 0 Å². The van der Waals surface area contributed by atoms with Gasteiger partial charge in [-0.3, -0.25) is 4.57 Å². The van der Waals surface area contributed by atoms with Crippen molar-refractivity contribution in [2.45, 2.75) is 5.88 Å². The number of nitrogen functional groups attached to an aromatic ring is 1. The molecule has 4 aromatic heterocycles. The number of nitrogens with two attached hydrogens (primary N) is 1. The van der Waals surface area contributed by atoms with Crippen LogP contribution in [0.5, 0.6) is 0 Å². The molecule has 0 fully saturated rings. The maximum absolute atomic E-state index is 7.48. The first-order valence-corrected chi connectivity index (χ1v) is 9.43. The molecule has 1 aromatic carbocycles. The van der Waals surface area contributed by atoms with Gasteiger partial charge in [-0.05, 0) is 29.8 Å². The highest BCUT2D eigenvalue weighted by molar-refractivity contribution is 6.17. The second-order valence-corrected chi connectivity index (χ2v) is 6.69. The van der Waals surface area contributed by atoms with Crippen molar-refractivity contribution in [3.8, 4) is 28.6 Å². The molecule has 148 valence electrons. The number of pyridine rings is 1. The minimum absolute atomic E-state index is 0.229. The fourth-order valence-electron chi connectivity index (χ4n) is 3.14. The summed E-state index contributed by atoms with van der Waals surface area (Å²) >= 11 is 5.95. The van der Waals surface area contributed by atoms with Gasteiger partial charge in [0.25, 0.3) is 0 Å². The van der Waals surface area contributed by atoms with Gasteiger partial charge in [0.15, 0.2) is 17.3 Å². The molecule has 10 heteroatoms. The monoisotopic (exact) mass is 420 g/mol. The molecule has 0 unspecified atom stereocenters. The number of anilines is 1. The van der Waals surface area contributed by atoms with E-state index < -0.39 is 6.98 Å². The third kappa shape index (κ3) is 3.05. The van der Waals surface area contributed by atoms with Crippen LogP contribution in [0.2, 0.25) is 0 Å². The van der Waals surface area contributed by atoms with Crippen molar-refractivity contribution in [2.24, 2.45) is 6.98 Å². The first-order valence-electron chi connectivity index (χ1n) is 10.4. The van der Waals surface area contributed by atoms with Gasteiger partial charge in [-0.15, -0.1) is 11.6 Å². The van der Waals surface area contributed by atoms with E-state index in [4.69, 9.17) is 31.4 Å². The Labute approximate surface area is 180 Å². The van der Waals surface area contributed by atoms with E-state index in [0.29, 0.717) is 44.7 Å². The van der Waals surface area contributed by atoms with Crippen molar-refractivity contribution in [3.05, 3.63) is 60.6 Å². The van der Waals surface area contributed by atoms with Gasteiger partial charge in [0.05, 0.1) is 11.9 Å².